The number of carbonyl (C=O) groups is 1. The van der Waals surface area contributed by atoms with E-state index in [1.807, 2.05) is 42.6 Å². The third-order valence-electron chi connectivity index (χ3n) is 2.18. The lowest BCUT2D eigenvalue weighted by atomic mass is 10.3. The Morgan fingerprint density at radius 3 is 2.69 bits per heavy atom. The van der Waals surface area contributed by atoms with Crippen molar-refractivity contribution in [2.75, 3.05) is 4.90 Å². The molecule has 0 spiro atoms. The van der Waals surface area contributed by atoms with Gasteiger partial charge in [0.15, 0.2) is 5.13 Å². The van der Waals surface area contributed by atoms with Crippen molar-refractivity contribution >= 4 is 28.1 Å². The van der Waals surface area contributed by atoms with Crippen molar-refractivity contribution in [1.82, 2.24) is 4.98 Å². The number of benzene rings is 1. The monoisotopic (exact) mass is 232 g/mol. The number of anilines is 2. The van der Waals surface area contributed by atoms with Crippen LogP contribution >= 0.6 is 11.3 Å². The van der Waals surface area contributed by atoms with Gasteiger partial charge in [-0.2, -0.15) is 0 Å². The van der Waals surface area contributed by atoms with Crippen LogP contribution in [0.2, 0.25) is 0 Å². The van der Waals surface area contributed by atoms with E-state index in [1.54, 1.807) is 11.1 Å². The smallest absolute Gasteiger partial charge is 0.233 e. The van der Waals surface area contributed by atoms with E-state index in [4.69, 9.17) is 0 Å². The fourth-order valence-electron chi connectivity index (χ4n) is 1.42. The summed E-state index contributed by atoms with van der Waals surface area (Å²) in [6.45, 7) is 1.85. The number of thiazole rings is 1. The van der Waals surface area contributed by atoms with E-state index in [-0.39, 0.29) is 5.91 Å². The molecule has 82 valence electrons. The quantitative estimate of drug-likeness (QED) is 0.814. The number of para-hydroxylation sites is 1. The number of hydrogen-bond acceptors (Lipinski definition) is 3. The van der Waals surface area contributed by atoms with Crippen LogP contribution in [0.25, 0.3) is 0 Å². The minimum Gasteiger partial charge on any atom is -0.274 e. The Bertz CT molecular complexity index is 453. The summed E-state index contributed by atoms with van der Waals surface area (Å²) >= 11 is 1.46. The van der Waals surface area contributed by atoms with Crippen LogP contribution < -0.4 is 4.90 Å². The van der Waals surface area contributed by atoms with Gasteiger partial charge in [-0.15, -0.1) is 11.3 Å². The first-order valence-electron chi connectivity index (χ1n) is 5.10. The summed E-state index contributed by atoms with van der Waals surface area (Å²) in [5, 5.41) is 2.59. The van der Waals surface area contributed by atoms with E-state index >= 15 is 0 Å². The van der Waals surface area contributed by atoms with Gasteiger partial charge in [-0.1, -0.05) is 25.1 Å². The second-order valence-electron chi connectivity index (χ2n) is 3.23. The third kappa shape index (κ3) is 2.12. The maximum absolute atomic E-state index is 11.9. The molecule has 2 aromatic rings. The van der Waals surface area contributed by atoms with Crippen LogP contribution in [0.3, 0.4) is 0 Å². The molecule has 0 radical (unpaired) electrons. The highest BCUT2D eigenvalue weighted by molar-refractivity contribution is 7.13. The van der Waals surface area contributed by atoms with Gasteiger partial charge >= 0.3 is 0 Å². The van der Waals surface area contributed by atoms with Gasteiger partial charge in [0.1, 0.15) is 0 Å². The van der Waals surface area contributed by atoms with Gasteiger partial charge in [0.25, 0.3) is 0 Å². The number of aromatic nitrogens is 1. The molecule has 0 aliphatic heterocycles. The van der Waals surface area contributed by atoms with Gasteiger partial charge < -0.3 is 0 Å². The molecule has 16 heavy (non-hydrogen) atoms. The summed E-state index contributed by atoms with van der Waals surface area (Å²) in [5.41, 5.74) is 0.865. The molecule has 0 atom stereocenters. The van der Waals surface area contributed by atoms with Gasteiger partial charge in [-0.3, -0.25) is 9.69 Å². The minimum atomic E-state index is 0.0566. The second kappa shape index (κ2) is 4.90. The van der Waals surface area contributed by atoms with Gasteiger partial charge in [-0.05, 0) is 12.1 Å². The van der Waals surface area contributed by atoms with Crippen molar-refractivity contribution in [3.8, 4) is 0 Å². The summed E-state index contributed by atoms with van der Waals surface area (Å²) in [5.74, 6) is 0.0566. The Balaban J connectivity index is 2.40. The Morgan fingerprint density at radius 2 is 2.12 bits per heavy atom. The van der Waals surface area contributed by atoms with E-state index in [2.05, 4.69) is 4.98 Å². The Morgan fingerprint density at radius 1 is 1.38 bits per heavy atom. The number of amides is 1. The van der Waals surface area contributed by atoms with Crippen molar-refractivity contribution in [2.45, 2.75) is 13.3 Å². The molecule has 1 aromatic heterocycles. The van der Waals surface area contributed by atoms with Crippen LogP contribution in [0.5, 0.6) is 0 Å². The standard InChI is InChI=1S/C12H12N2OS/c1-2-11(15)14(12-13-8-9-16-12)10-6-4-3-5-7-10/h3-9H,2H2,1H3. The maximum Gasteiger partial charge on any atom is 0.233 e. The molecule has 0 bridgehead atoms. The van der Waals surface area contributed by atoms with Crippen LogP contribution in [0, 0.1) is 0 Å². The summed E-state index contributed by atoms with van der Waals surface area (Å²) in [4.78, 5) is 17.7. The van der Waals surface area contributed by atoms with Gasteiger partial charge in [-0.25, -0.2) is 4.98 Å². The molecule has 0 unspecified atom stereocenters. The first-order valence-corrected chi connectivity index (χ1v) is 5.98. The molecule has 0 fully saturated rings. The van der Waals surface area contributed by atoms with Crippen LogP contribution in [0.15, 0.2) is 41.9 Å². The van der Waals surface area contributed by atoms with Crippen LogP contribution in [-0.4, -0.2) is 10.9 Å². The fraction of sp³-hybridized carbons (Fsp3) is 0.167. The molecule has 4 heteroatoms. The summed E-state index contributed by atoms with van der Waals surface area (Å²) < 4.78 is 0. The number of rotatable bonds is 3. The summed E-state index contributed by atoms with van der Waals surface area (Å²) in [6.07, 6.45) is 2.17. The first-order chi connectivity index (χ1) is 7.83. The Kier molecular flexibility index (Phi) is 3.31. The highest BCUT2D eigenvalue weighted by Crippen LogP contribution is 2.27. The molecule has 2 rings (SSSR count). The molecule has 0 aliphatic rings. The molecule has 0 saturated heterocycles. The Hall–Kier alpha value is -1.68. The lowest BCUT2D eigenvalue weighted by Gasteiger charge is -2.18. The van der Waals surface area contributed by atoms with E-state index in [1.165, 1.54) is 11.3 Å². The lowest BCUT2D eigenvalue weighted by molar-refractivity contribution is -0.117. The molecule has 1 heterocycles. The molecule has 1 aromatic carbocycles. The number of hydrogen-bond donors (Lipinski definition) is 0. The van der Waals surface area contributed by atoms with Crippen molar-refractivity contribution in [3.63, 3.8) is 0 Å². The van der Waals surface area contributed by atoms with Crippen molar-refractivity contribution in [3.05, 3.63) is 41.9 Å². The highest BCUT2D eigenvalue weighted by atomic mass is 32.1. The van der Waals surface area contributed by atoms with Crippen molar-refractivity contribution in [1.29, 1.82) is 0 Å². The molecule has 1 amide bonds. The van der Waals surface area contributed by atoms with Crippen LogP contribution in [0.1, 0.15) is 13.3 Å². The average molecular weight is 232 g/mol. The Labute approximate surface area is 98.4 Å². The van der Waals surface area contributed by atoms with Crippen molar-refractivity contribution < 1.29 is 4.79 Å². The van der Waals surface area contributed by atoms with Gasteiger partial charge in [0.05, 0.1) is 5.69 Å². The topological polar surface area (TPSA) is 33.2 Å². The lowest BCUT2D eigenvalue weighted by Crippen LogP contribution is -2.24. The molecular formula is C12H12N2OS. The predicted molar refractivity (Wildman–Crippen MR) is 66.0 cm³/mol. The SMILES string of the molecule is CCC(=O)N(c1ccccc1)c1nccs1. The van der Waals surface area contributed by atoms with Crippen molar-refractivity contribution in [2.24, 2.45) is 0 Å². The van der Waals surface area contributed by atoms with E-state index in [9.17, 15) is 4.79 Å². The van der Waals surface area contributed by atoms with Gasteiger partial charge in [0, 0.05) is 18.0 Å². The molecule has 3 nitrogen and oxygen atoms in total. The first kappa shape index (κ1) is 10.8. The highest BCUT2D eigenvalue weighted by Gasteiger charge is 2.17. The molecule has 0 N–H and O–H groups in total. The largest absolute Gasteiger partial charge is 0.274 e. The molecular weight excluding hydrogens is 220 g/mol. The van der Waals surface area contributed by atoms with E-state index in [0.717, 1.165) is 10.8 Å². The van der Waals surface area contributed by atoms with E-state index in [0.29, 0.717) is 6.42 Å². The fourth-order valence-corrected chi connectivity index (χ4v) is 2.10. The number of nitrogens with zero attached hydrogens (tertiary/aromatic N) is 2. The van der Waals surface area contributed by atoms with Crippen LogP contribution in [0.4, 0.5) is 10.8 Å². The van der Waals surface area contributed by atoms with Crippen LogP contribution in [-0.2, 0) is 4.79 Å². The predicted octanol–water partition coefficient (Wildman–Crippen LogP) is 3.22. The average Bonchev–Trinajstić information content (AvgIpc) is 2.84. The third-order valence-corrected chi connectivity index (χ3v) is 2.93. The van der Waals surface area contributed by atoms with Gasteiger partial charge in [0.2, 0.25) is 5.91 Å². The zero-order chi connectivity index (χ0) is 11.4. The molecule has 0 saturated carbocycles. The van der Waals surface area contributed by atoms with E-state index < -0.39 is 0 Å². The zero-order valence-corrected chi connectivity index (χ0v) is 9.78. The zero-order valence-electron chi connectivity index (χ0n) is 8.96. The normalized spacial score (nSPS) is 10.1. The summed E-state index contributed by atoms with van der Waals surface area (Å²) in [7, 11) is 0. The minimum absolute atomic E-state index is 0.0566. The number of carbonyl (C=O) groups excluding carboxylic acids is 1. The summed E-state index contributed by atoms with van der Waals surface area (Å²) in [6, 6.07) is 9.58. The maximum atomic E-state index is 11.9. The second-order valence-corrected chi connectivity index (χ2v) is 4.11. The molecule has 0 aliphatic carbocycles.